The van der Waals surface area contributed by atoms with Crippen LogP contribution < -0.4 is 4.74 Å². The molecule has 108 valence electrons. The Labute approximate surface area is 130 Å². The van der Waals surface area contributed by atoms with Gasteiger partial charge >= 0.3 is 0 Å². The molecule has 0 aliphatic heterocycles. The topological polar surface area (TPSA) is 33.0 Å². The van der Waals surface area contributed by atoms with Crippen LogP contribution in [0.1, 0.15) is 46.0 Å². The average Bonchev–Trinajstić information content (AvgIpc) is 2.41. The van der Waals surface area contributed by atoms with Gasteiger partial charge in [0.1, 0.15) is 5.75 Å². The summed E-state index contributed by atoms with van der Waals surface area (Å²) in [5, 5.41) is 9.54. The van der Waals surface area contributed by atoms with E-state index in [1.54, 1.807) is 0 Å². The molecule has 0 amide bonds. The fourth-order valence-electron chi connectivity index (χ4n) is 2.74. The van der Waals surface area contributed by atoms with Crippen LogP contribution in [0.4, 0.5) is 0 Å². The van der Waals surface area contributed by atoms with Gasteiger partial charge in [-0.1, -0.05) is 35.8 Å². The molecular weight excluding hydrogens is 314 g/mol. The third kappa shape index (κ3) is 3.99. The summed E-state index contributed by atoms with van der Waals surface area (Å²) in [4.78, 5) is 0. The second kappa shape index (κ2) is 6.18. The fraction of sp³-hybridized carbons (Fsp3) is 0.588. The van der Waals surface area contributed by atoms with E-state index in [1.807, 2.05) is 24.3 Å². The van der Waals surface area contributed by atoms with Crippen molar-refractivity contribution < 1.29 is 4.74 Å². The van der Waals surface area contributed by atoms with Gasteiger partial charge in [-0.3, -0.25) is 0 Å². The van der Waals surface area contributed by atoms with Gasteiger partial charge in [0, 0.05) is 10.9 Å². The maximum absolute atomic E-state index is 9.54. The molecule has 1 aliphatic rings. The molecule has 2 nitrogen and oxygen atoms in total. The van der Waals surface area contributed by atoms with Gasteiger partial charge in [-0.15, -0.1) is 0 Å². The molecule has 1 aromatic rings. The van der Waals surface area contributed by atoms with E-state index < -0.39 is 0 Å². The van der Waals surface area contributed by atoms with Gasteiger partial charge in [0.25, 0.3) is 0 Å². The molecule has 0 aromatic heterocycles. The van der Waals surface area contributed by atoms with Crippen LogP contribution in [-0.2, 0) is 0 Å². The summed E-state index contributed by atoms with van der Waals surface area (Å²) in [6.45, 7) is 5.21. The molecule has 0 heterocycles. The molecule has 20 heavy (non-hydrogen) atoms. The van der Waals surface area contributed by atoms with Crippen molar-refractivity contribution in [2.75, 3.05) is 6.61 Å². The monoisotopic (exact) mass is 335 g/mol. The predicted octanol–water partition coefficient (Wildman–Crippen LogP) is 5.33. The maximum Gasteiger partial charge on any atom is 0.120 e. The lowest BCUT2D eigenvalue weighted by atomic mass is 9.64. The van der Waals surface area contributed by atoms with E-state index in [0.717, 1.165) is 42.3 Å². The summed E-state index contributed by atoms with van der Waals surface area (Å²) in [7, 11) is 0. The zero-order valence-electron chi connectivity index (χ0n) is 12.3. The zero-order valence-corrected chi connectivity index (χ0v) is 13.9. The van der Waals surface area contributed by atoms with Gasteiger partial charge in [0.05, 0.1) is 18.1 Å². The van der Waals surface area contributed by atoms with Crippen molar-refractivity contribution in [3.05, 3.63) is 28.7 Å². The Bertz CT molecular complexity index is 494. The van der Waals surface area contributed by atoms with E-state index in [4.69, 9.17) is 4.74 Å². The average molecular weight is 336 g/mol. The molecule has 0 N–H and O–H groups in total. The van der Waals surface area contributed by atoms with Crippen molar-refractivity contribution in [3.8, 4) is 11.8 Å². The van der Waals surface area contributed by atoms with Crippen molar-refractivity contribution in [2.24, 2.45) is 10.8 Å². The van der Waals surface area contributed by atoms with E-state index in [1.165, 1.54) is 0 Å². The molecule has 1 fully saturated rings. The summed E-state index contributed by atoms with van der Waals surface area (Å²) in [6, 6.07) is 10.4. The first-order chi connectivity index (χ1) is 9.45. The molecule has 0 radical (unpaired) electrons. The molecule has 0 unspecified atom stereocenters. The van der Waals surface area contributed by atoms with Gasteiger partial charge in [0.2, 0.25) is 0 Å². The number of hydrogen-bond donors (Lipinski definition) is 0. The fourth-order valence-corrected chi connectivity index (χ4v) is 3.12. The van der Waals surface area contributed by atoms with Crippen LogP contribution in [0.5, 0.6) is 5.75 Å². The minimum Gasteiger partial charge on any atom is -0.493 e. The quantitative estimate of drug-likeness (QED) is 0.745. The molecule has 3 heteroatoms. The highest BCUT2D eigenvalue weighted by Crippen LogP contribution is 2.46. The van der Waals surface area contributed by atoms with Gasteiger partial charge < -0.3 is 4.74 Å². The Kier molecular flexibility index (Phi) is 4.75. The van der Waals surface area contributed by atoms with Crippen molar-refractivity contribution in [3.63, 3.8) is 0 Å². The van der Waals surface area contributed by atoms with Crippen LogP contribution in [0.2, 0.25) is 0 Å². The van der Waals surface area contributed by atoms with E-state index in [9.17, 15) is 5.26 Å². The molecule has 0 atom stereocenters. The second-order valence-electron chi connectivity index (χ2n) is 6.61. The molecule has 1 saturated carbocycles. The van der Waals surface area contributed by atoms with Crippen molar-refractivity contribution in [1.29, 1.82) is 5.26 Å². The summed E-state index contributed by atoms with van der Waals surface area (Å²) in [5.41, 5.74) is 0.215. The van der Waals surface area contributed by atoms with Crippen molar-refractivity contribution >= 4 is 15.9 Å². The molecule has 0 saturated heterocycles. The Balaban J connectivity index is 1.88. The largest absolute Gasteiger partial charge is 0.493 e. The second-order valence-corrected chi connectivity index (χ2v) is 7.53. The molecular formula is C17H22BrNO. The van der Waals surface area contributed by atoms with Gasteiger partial charge in [0.15, 0.2) is 0 Å². The van der Waals surface area contributed by atoms with E-state index >= 15 is 0 Å². The summed E-state index contributed by atoms with van der Waals surface area (Å²) < 4.78 is 6.81. The Morgan fingerprint density at radius 2 is 1.95 bits per heavy atom. The number of nitrogens with zero attached hydrogens (tertiary/aromatic N) is 1. The smallest absolute Gasteiger partial charge is 0.120 e. The van der Waals surface area contributed by atoms with Crippen LogP contribution in [0.25, 0.3) is 0 Å². The highest BCUT2D eigenvalue weighted by molar-refractivity contribution is 9.10. The highest BCUT2D eigenvalue weighted by Gasteiger charge is 2.38. The number of benzene rings is 1. The van der Waals surface area contributed by atoms with Crippen LogP contribution in [0.3, 0.4) is 0 Å². The Morgan fingerprint density at radius 3 is 2.55 bits per heavy atom. The predicted molar refractivity (Wildman–Crippen MR) is 84.5 cm³/mol. The van der Waals surface area contributed by atoms with Crippen molar-refractivity contribution in [1.82, 2.24) is 0 Å². The Hall–Kier alpha value is -1.01. The van der Waals surface area contributed by atoms with Gasteiger partial charge in [-0.25, -0.2) is 0 Å². The first kappa shape index (κ1) is 15.4. The van der Waals surface area contributed by atoms with Crippen molar-refractivity contribution in [2.45, 2.75) is 46.0 Å². The van der Waals surface area contributed by atoms with E-state index in [-0.39, 0.29) is 5.41 Å². The Morgan fingerprint density at radius 1 is 1.25 bits per heavy atom. The third-order valence-electron chi connectivity index (χ3n) is 4.44. The van der Waals surface area contributed by atoms with Crippen LogP contribution >= 0.6 is 15.9 Å². The zero-order chi connectivity index (χ0) is 14.6. The molecule has 0 bridgehead atoms. The van der Waals surface area contributed by atoms with Crippen LogP contribution in [0, 0.1) is 22.2 Å². The number of rotatable bonds is 4. The minimum absolute atomic E-state index is 0.179. The number of hydrogen-bond acceptors (Lipinski definition) is 2. The lowest BCUT2D eigenvalue weighted by Crippen LogP contribution is -2.31. The first-order valence-electron chi connectivity index (χ1n) is 7.24. The summed E-state index contributed by atoms with van der Waals surface area (Å²) >= 11 is 3.44. The van der Waals surface area contributed by atoms with Gasteiger partial charge in [-0.2, -0.15) is 5.26 Å². The number of nitriles is 1. The minimum atomic E-state index is -0.179. The van der Waals surface area contributed by atoms with E-state index in [0.29, 0.717) is 12.0 Å². The normalized spacial score (nSPS) is 20.1. The molecule has 0 spiro atoms. The molecule has 1 aliphatic carbocycles. The van der Waals surface area contributed by atoms with Crippen LogP contribution in [0.15, 0.2) is 28.7 Å². The maximum atomic E-state index is 9.54. The number of halogens is 1. The van der Waals surface area contributed by atoms with E-state index in [2.05, 4.69) is 35.8 Å². The molecule has 2 rings (SSSR count). The summed E-state index contributed by atoms with van der Waals surface area (Å²) in [6.07, 6.45) is 5.09. The third-order valence-corrected chi connectivity index (χ3v) is 4.94. The molecule has 1 aromatic carbocycles. The number of ether oxygens (including phenoxy) is 1. The van der Waals surface area contributed by atoms with Gasteiger partial charge in [-0.05, 0) is 49.3 Å². The standard InChI is InChI=1S/C17H22BrNO/c1-16(2)6-8-17(13-19,9-7-16)10-11-20-15-5-3-4-14(18)12-15/h3-5,12H,6-11H2,1-2H3. The highest BCUT2D eigenvalue weighted by atomic mass is 79.9. The SMILES string of the molecule is CC1(C)CCC(C#N)(CCOc2cccc(Br)c2)CC1. The lowest BCUT2D eigenvalue weighted by molar-refractivity contribution is 0.120. The first-order valence-corrected chi connectivity index (χ1v) is 8.04. The lowest BCUT2D eigenvalue weighted by Gasteiger charge is -2.39. The summed E-state index contributed by atoms with van der Waals surface area (Å²) in [5.74, 6) is 0.864. The van der Waals surface area contributed by atoms with Crippen LogP contribution in [-0.4, -0.2) is 6.61 Å².